The molecule has 3 rings (SSSR count). The lowest BCUT2D eigenvalue weighted by Gasteiger charge is -2.11. The van der Waals surface area contributed by atoms with E-state index in [4.69, 9.17) is 20.8 Å². The Morgan fingerprint density at radius 3 is 2.45 bits per heavy atom. The van der Waals surface area contributed by atoms with E-state index in [1.807, 2.05) is 0 Å². The van der Waals surface area contributed by atoms with Crippen LogP contribution in [0, 0.1) is 17.0 Å². The Balaban J connectivity index is 1.74. The van der Waals surface area contributed by atoms with Gasteiger partial charge in [0.1, 0.15) is 23.7 Å². The summed E-state index contributed by atoms with van der Waals surface area (Å²) in [6, 6.07) is 11.0. The molecule has 0 aliphatic heterocycles. The number of benzene rings is 2. The van der Waals surface area contributed by atoms with Crippen LogP contribution in [0.15, 0.2) is 52.9 Å². The maximum absolute atomic E-state index is 12.6. The van der Waals surface area contributed by atoms with Gasteiger partial charge in [0.25, 0.3) is 11.6 Å². The minimum absolute atomic E-state index is 0.00756. The van der Waals surface area contributed by atoms with E-state index in [1.165, 1.54) is 31.4 Å². The maximum atomic E-state index is 12.6. The number of carbonyl (C=O) groups is 3. The number of hydrogen-bond acceptors (Lipinski definition) is 8. The number of nitrogens with one attached hydrogen (secondary N) is 1. The highest BCUT2D eigenvalue weighted by atomic mass is 35.5. The molecule has 0 aliphatic carbocycles. The van der Waals surface area contributed by atoms with Crippen molar-refractivity contribution in [2.24, 2.45) is 0 Å². The highest BCUT2D eigenvalue weighted by molar-refractivity contribution is 6.34. The molecule has 170 valence electrons. The molecule has 11 heteroatoms. The molecule has 0 saturated heterocycles. The van der Waals surface area contributed by atoms with Gasteiger partial charge in [-0.2, -0.15) is 0 Å². The standard InChI is InChI=1S/C22H17ClN2O8/c1-12-17(21(27)31-2)10-14(33-12)11-32-22(28)16-5-3-4-6-19(16)24-20(26)15-8-7-13(25(29)30)9-18(15)23/h3-10H,11H2,1-2H3,(H,24,26). The largest absolute Gasteiger partial charge is 0.465 e. The lowest BCUT2D eigenvalue weighted by atomic mass is 10.1. The lowest BCUT2D eigenvalue weighted by Crippen LogP contribution is -2.16. The predicted octanol–water partition coefficient (Wildman–Crippen LogP) is 4.55. The second-order valence-electron chi connectivity index (χ2n) is 6.67. The summed E-state index contributed by atoms with van der Waals surface area (Å²) in [4.78, 5) is 47.1. The molecule has 2 aromatic carbocycles. The molecule has 1 aromatic heterocycles. The number of furan rings is 1. The summed E-state index contributed by atoms with van der Waals surface area (Å²) >= 11 is 6.00. The zero-order valence-electron chi connectivity index (χ0n) is 17.4. The number of anilines is 1. The fraction of sp³-hybridized carbons (Fsp3) is 0.136. The molecule has 0 fully saturated rings. The van der Waals surface area contributed by atoms with E-state index in [0.29, 0.717) is 5.76 Å². The molecule has 0 bridgehead atoms. The average Bonchev–Trinajstić information content (AvgIpc) is 3.17. The Morgan fingerprint density at radius 1 is 1.06 bits per heavy atom. The summed E-state index contributed by atoms with van der Waals surface area (Å²) in [5.41, 5.74) is 0.153. The number of nitro benzene ring substituents is 1. The number of rotatable bonds is 7. The zero-order chi connectivity index (χ0) is 24.1. The number of amides is 1. The van der Waals surface area contributed by atoms with E-state index in [1.54, 1.807) is 19.1 Å². The first-order valence-corrected chi connectivity index (χ1v) is 9.78. The number of halogens is 1. The monoisotopic (exact) mass is 472 g/mol. The number of para-hydroxylation sites is 1. The van der Waals surface area contributed by atoms with Crippen LogP contribution in [0.5, 0.6) is 0 Å². The molecule has 1 amide bonds. The topological polar surface area (TPSA) is 138 Å². The zero-order valence-corrected chi connectivity index (χ0v) is 18.2. The molecule has 3 aromatic rings. The molecule has 0 saturated carbocycles. The molecular weight excluding hydrogens is 456 g/mol. The van der Waals surface area contributed by atoms with Gasteiger partial charge in [0, 0.05) is 12.1 Å². The van der Waals surface area contributed by atoms with Gasteiger partial charge in [0.15, 0.2) is 0 Å². The van der Waals surface area contributed by atoms with Gasteiger partial charge in [-0.05, 0) is 31.2 Å². The van der Waals surface area contributed by atoms with Crippen molar-refractivity contribution < 1.29 is 33.2 Å². The van der Waals surface area contributed by atoms with E-state index >= 15 is 0 Å². The minimum atomic E-state index is -0.755. The van der Waals surface area contributed by atoms with E-state index in [0.717, 1.165) is 12.1 Å². The van der Waals surface area contributed by atoms with Crippen LogP contribution in [0.2, 0.25) is 5.02 Å². The smallest absolute Gasteiger partial charge is 0.341 e. The molecule has 0 atom stereocenters. The number of methoxy groups -OCH3 is 1. The Kier molecular flexibility index (Phi) is 7.09. The van der Waals surface area contributed by atoms with Crippen LogP contribution in [0.3, 0.4) is 0 Å². The van der Waals surface area contributed by atoms with Crippen molar-refractivity contribution in [1.82, 2.24) is 0 Å². The highest BCUT2D eigenvalue weighted by Crippen LogP contribution is 2.25. The second kappa shape index (κ2) is 9.96. The Labute approximate surface area is 192 Å². The van der Waals surface area contributed by atoms with Crippen LogP contribution >= 0.6 is 11.6 Å². The van der Waals surface area contributed by atoms with Crippen molar-refractivity contribution >= 4 is 40.8 Å². The van der Waals surface area contributed by atoms with Gasteiger partial charge < -0.3 is 19.2 Å². The molecular formula is C22H17ClN2O8. The number of nitro groups is 1. The summed E-state index contributed by atoms with van der Waals surface area (Å²) in [5.74, 6) is -1.44. The fourth-order valence-corrected chi connectivity index (χ4v) is 3.16. The molecule has 0 radical (unpaired) electrons. The van der Waals surface area contributed by atoms with E-state index < -0.39 is 22.8 Å². The predicted molar refractivity (Wildman–Crippen MR) is 116 cm³/mol. The van der Waals surface area contributed by atoms with E-state index in [-0.39, 0.29) is 45.5 Å². The van der Waals surface area contributed by atoms with Crippen molar-refractivity contribution in [1.29, 1.82) is 0 Å². The summed E-state index contributed by atoms with van der Waals surface area (Å²) < 4.78 is 15.3. The van der Waals surface area contributed by atoms with Crippen LogP contribution in [0.25, 0.3) is 0 Å². The first-order valence-electron chi connectivity index (χ1n) is 9.40. The van der Waals surface area contributed by atoms with Crippen LogP contribution in [0.1, 0.15) is 42.6 Å². The number of carbonyl (C=O) groups excluding carboxylic acids is 3. The summed E-state index contributed by atoms with van der Waals surface area (Å²) in [7, 11) is 1.24. The van der Waals surface area contributed by atoms with Gasteiger partial charge in [-0.3, -0.25) is 14.9 Å². The maximum Gasteiger partial charge on any atom is 0.341 e. The van der Waals surface area contributed by atoms with Crippen molar-refractivity contribution in [3.05, 3.63) is 91.9 Å². The molecule has 1 N–H and O–H groups in total. The van der Waals surface area contributed by atoms with Gasteiger partial charge in [0.2, 0.25) is 0 Å². The first kappa shape index (κ1) is 23.5. The summed E-state index contributed by atoms with van der Waals surface area (Å²) in [6.45, 7) is 1.32. The SMILES string of the molecule is COC(=O)c1cc(COC(=O)c2ccccc2NC(=O)c2ccc([N+](=O)[O-])cc2Cl)oc1C. The molecule has 0 unspecified atom stereocenters. The molecule has 0 spiro atoms. The quantitative estimate of drug-likeness (QED) is 0.300. The third-order valence-electron chi connectivity index (χ3n) is 4.52. The molecule has 33 heavy (non-hydrogen) atoms. The Bertz CT molecular complexity index is 1250. The van der Waals surface area contributed by atoms with Crippen molar-refractivity contribution in [2.45, 2.75) is 13.5 Å². The second-order valence-corrected chi connectivity index (χ2v) is 7.08. The van der Waals surface area contributed by atoms with Crippen LogP contribution in [-0.4, -0.2) is 29.9 Å². The Morgan fingerprint density at radius 2 is 1.79 bits per heavy atom. The molecule has 1 heterocycles. The van der Waals surface area contributed by atoms with Crippen molar-refractivity contribution in [2.75, 3.05) is 12.4 Å². The Hall–Kier alpha value is -4.18. The number of esters is 2. The fourth-order valence-electron chi connectivity index (χ4n) is 2.90. The van der Waals surface area contributed by atoms with Crippen LogP contribution < -0.4 is 5.32 Å². The van der Waals surface area contributed by atoms with Gasteiger partial charge in [-0.1, -0.05) is 23.7 Å². The number of nitrogens with zero attached hydrogens (tertiary/aromatic N) is 1. The number of ether oxygens (including phenoxy) is 2. The normalized spacial score (nSPS) is 10.4. The third kappa shape index (κ3) is 5.36. The van der Waals surface area contributed by atoms with Gasteiger partial charge in [-0.15, -0.1) is 0 Å². The van der Waals surface area contributed by atoms with Gasteiger partial charge in [0.05, 0.1) is 33.9 Å². The molecule has 10 nitrogen and oxygen atoms in total. The third-order valence-corrected chi connectivity index (χ3v) is 4.84. The van der Waals surface area contributed by atoms with Gasteiger partial charge in [-0.25, -0.2) is 9.59 Å². The minimum Gasteiger partial charge on any atom is -0.465 e. The molecule has 0 aliphatic rings. The van der Waals surface area contributed by atoms with E-state index in [9.17, 15) is 24.5 Å². The number of hydrogen-bond donors (Lipinski definition) is 1. The first-order chi connectivity index (χ1) is 15.7. The van der Waals surface area contributed by atoms with Gasteiger partial charge >= 0.3 is 11.9 Å². The van der Waals surface area contributed by atoms with Crippen LogP contribution in [0.4, 0.5) is 11.4 Å². The van der Waals surface area contributed by atoms with Crippen molar-refractivity contribution in [3.8, 4) is 0 Å². The average molecular weight is 473 g/mol. The summed E-state index contributed by atoms with van der Waals surface area (Å²) in [5, 5.41) is 13.3. The van der Waals surface area contributed by atoms with Crippen molar-refractivity contribution in [3.63, 3.8) is 0 Å². The highest BCUT2D eigenvalue weighted by Gasteiger charge is 2.20. The van der Waals surface area contributed by atoms with E-state index in [2.05, 4.69) is 10.1 Å². The van der Waals surface area contributed by atoms with Crippen LogP contribution in [-0.2, 0) is 16.1 Å². The number of aryl methyl sites for hydroxylation is 1. The number of non-ortho nitro benzene ring substituents is 1. The summed E-state index contributed by atoms with van der Waals surface area (Å²) in [6.07, 6.45) is 0. The lowest BCUT2D eigenvalue weighted by molar-refractivity contribution is -0.384.